The van der Waals surface area contributed by atoms with Gasteiger partial charge in [-0.1, -0.05) is 29.3 Å². The summed E-state index contributed by atoms with van der Waals surface area (Å²) in [4.78, 5) is 0. The molecule has 132 valence electrons. The second-order valence-corrected chi connectivity index (χ2v) is 7.06. The zero-order chi connectivity index (χ0) is 17.8. The summed E-state index contributed by atoms with van der Waals surface area (Å²) in [7, 11) is 1.67. The average molecular weight is 403 g/mol. The van der Waals surface area contributed by atoms with Crippen molar-refractivity contribution in [2.75, 3.05) is 7.11 Å². The molecule has 0 radical (unpaired) electrons. The molecule has 0 aliphatic carbocycles. The van der Waals surface area contributed by atoms with E-state index >= 15 is 0 Å². The molecule has 2 aromatic rings. The quantitative estimate of drug-likeness (QED) is 0.685. The van der Waals surface area contributed by atoms with Gasteiger partial charge in [0.25, 0.3) is 0 Å². The highest BCUT2D eigenvalue weighted by Crippen LogP contribution is 2.32. The van der Waals surface area contributed by atoms with Crippen LogP contribution in [0.15, 0.2) is 53.0 Å². The van der Waals surface area contributed by atoms with E-state index in [0.717, 1.165) is 39.9 Å². The lowest BCUT2D eigenvalue weighted by Gasteiger charge is -2.33. The monoisotopic (exact) mass is 402 g/mol. The third-order valence-electron chi connectivity index (χ3n) is 4.35. The van der Waals surface area contributed by atoms with E-state index in [1.165, 1.54) is 0 Å². The molecule has 2 unspecified atom stereocenters. The largest absolute Gasteiger partial charge is 0.508 e. The van der Waals surface area contributed by atoms with E-state index in [2.05, 4.69) is 39.6 Å². The predicted molar refractivity (Wildman–Crippen MR) is 104 cm³/mol. The standard InChI is InChI=1S/C20H23BrN2O2/c1-3-4-20-22-17(13-5-8-15(25-2)9-6-13)12-18(23-20)16-11-14(21)7-10-19(16)24/h5-12,18,20,22-24H,3-4H2,1-2H3. The Morgan fingerprint density at radius 1 is 1.16 bits per heavy atom. The van der Waals surface area contributed by atoms with Crippen molar-refractivity contribution in [1.82, 2.24) is 10.6 Å². The highest BCUT2D eigenvalue weighted by atomic mass is 79.9. The maximum atomic E-state index is 10.3. The van der Waals surface area contributed by atoms with Gasteiger partial charge in [-0.15, -0.1) is 0 Å². The summed E-state index contributed by atoms with van der Waals surface area (Å²) in [6, 6.07) is 13.5. The Morgan fingerprint density at radius 2 is 1.92 bits per heavy atom. The molecule has 0 bridgehead atoms. The molecule has 0 saturated carbocycles. The van der Waals surface area contributed by atoms with Crippen LogP contribution in [0.25, 0.3) is 5.70 Å². The molecule has 1 aliphatic heterocycles. The number of halogens is 1. The van der Waals surface area contributed by atoms with Crippen LogP contribution >= 0.6 is 15.9 Å². The van der Waals surface area contributed by atoms with Crippen molar-refractivity contribution in [1.29, 1.82) is 0 Å². The lowest BCUT2D eigenvalue weighted by molar-refractivity contribution is 0.390. The second-order valence-electron chi connectivity index (χ2n) is 6.14. The lowest BCUT2D eigenvalue weighted by Crippen LogP contribution is -2.46. The van der Waals surface area contributed by atoms with Crippen LogP contribution in [0, 0.1) is 0 Å². The SMILES string of the molecule is CCCC1NC(c2ccc(OC)cc2)=CC(c2cc(Br)ccc2O)N1. The minimum absolute atomic E-state index is 0.0626. The Bertz CT molecular complexity index is 759. The maximum absolute atomic E-state index is 10.3. The van der Waals surface area contributed by atoms with Gasteiger partial charge in [-0.25, -0.2) is 0 Å². The first-order valence-electron chi connectivity index (χ1n) is 8.48. The van der Waals surface area contributed by atoms with Crippen molar-refractivity contribution < 1.29 is 9.84 Å². The van der Waals surface area contributed by atoms with Crippen molar-refractivity contribution in [2.45, 2.75) is 32.0 Å². The van der Waals surface area contributed by atoms with Gasteiger partial charge in [0.05, 0.1) is 19.3 Å². The van der Waals surface area contributed by atoms with Crippen LogP contribution in [0.2, 0.25) is 0 Å². The summed E-state index contributed by atoms with van der Waals surface area (Å²) in [5.74, 6) is 1.13. The predicted octanol–water partition coefficient (Wildman–Crippen LogP) is 4.56. The van der Waals surface area contributed by atoms with Crippen LogP contribution < -0.4 is 15.4 Å². The fraction of sp³-hybridized carbons (Fsp3) is 0.300. The smallest absolute Gasteiger partial charge is 0.120 e. The zero-order valence-electron chi connectivity index (χ0n) is 14.4. The number of ether oxygens (including phenoxy) is 1. The summed E-state index contributed by atoms with van der Waals surface area (Å²) < 4.78 is 6.20. The molecule has 4 nitrogen and oxygen atoms in total. The first-order valence-corrected chi connectivity index (χ1v) is 9.27. The number of benzene rings is 2. The van der Waals surface area contributed by atoms with E-state index in [9.17, 15) is 5.11 Å². The Hall–Kier alpha value is -1.98. The molecule has 5 heteroatoms. The molecule has 3 N–H and O–H groups in total. The minimum atomic E-state index is -0.0626. The normalized spacial score (nSPS) is 19.9. The average Bonchev–Trinajstić information content (AvgIpc) is 2.64. The van der Waals surface area contributed by atoms with Gasteiger partial charge in [-0.05, 0) is 60.5 Å². The molecule has 0 spiro atoms. The van der Waals surface area contributed by atoms with Crippen molar-refractivity contribution in [3.05, 3.63) is 64.1 Å². The maximum Gasteiger partial charge on any atom is 0.120 e. The highest BCUT2D eigenvalue weighted by molar-refractivity contribution is 9.10. The van der Waals surface area contributed by atoms with Gasteiger partial charge in [-0.3, -0.25) is 5.32 Å². The Labute approximate surface area is 157 Å². The number of aromatic hydroxyl groups is 1. The number of hydrogen-bond acceptors (Lipinski definition) is 4. The molecule has 2 aromatic carbocycles. The van der Waals surface area contributed by atoms with Gasteiger partial charge < -0.3 is 15.2 Å². The van der Waals surface area contributed by atoms with E-state index in [-0.39, 0.29) is 12.2 Å². The van der Waals surface area contributed by atoms with Gasteiger partial charge >= 0.3 is 0 Å². The van der Waals surface area contributed by atoms with Crippen LogP contribution in [-0.4, -0.2) is 18.4 Å². The molecule has 0 aromatic heterocycles. The third-order valence-corrected chi connectivity index (χ3v) is 4.84. The molecule has 2 atom stereocenters. The van der Waals surface area contributed by atoms with E-state index in [1.807, 2.05) is 36.4 Å². The van der Waals surface area contributed by atoms with Crippen molar-refractivity contribution in [3.8, 4) is 11.5 Å². The zero-order valence-corrected chi connectivity index (χ0v) is 16.0. The first kappa shape index (κ1) is 17.8. The van der Waals surface area contributed by atoms with Crippen LogP contribution in [0.5, 0.6) is 11.5 Å². The summed E-state index contributed by atoms with van der Waals surface area (Å²) in [6.45, 7) is 2.17. The van der Waals surface area contributed by atoms with Crippen LogP contribution in [-0.2, 0) is 0 Å². The molecule has 3 rings (SSSR count). The van der Waals surface area contributed by atoms with Gasteiger partial charge in [0.1, 0.15) is 11.5 Å². The fourth-order valence-corrected chi connectivity index (χ4v) is 3.44. The fourth-order valence-electron chi connectivity index (χ4n) is 3.06. The Kier molecular flexibility index (Phi) is 5.66. The molecule has 0 fully saturated rings. The molecule has 1 aliphatic rings. The van der Waals surface area contributed by atoms with Crippen molar-refractivity contribution >= 4 is 21.6 Å². The summed E-state index contributed by atoms with van der Waals surface area (Å²) in [6.07, 6.45) is 4.34. The van der Waals surface area contributed by atoms with Crippen molar-refractivity contribution in [2.24, 2.45) is 0 Å². The topological polar surface area (TPSA) is 53.5 Å². The Balaban J connectivity index is 1.97. The molecular formula is C20H23BrN2O2. The first-order chi connectivity index (χ1) is 12.1. The van der Waals surface area contributed by atoms with E-state index in [1.54, 1.807) is 13.2 Å². The minimum Gasteiger partial charge on any atom is -0.508 e. The van der Waals surface area contributed by atoms with Crippen LogP contribution in [0.4, 0.5) is 0 Å². The van der Waals surface area contributed by atoms with Gasteiger partial charge in [0.15, 0.2) is 0 Å². The number of methoxy groups -OCH3 is 1. The number of rotatable bonds is 5. The molecule has 25 heavy (non-hydrogen) atoms. The van der Waals surface area contributed by atoms with E-state index in [0.29, 0.717) is 5.75 Å². The third kappa shape index (κ3) is 4.17. The van der Waals surface area contributed by atoms with Gasteiger partial charge in [0, 0.05) is 15.7 Å². The summed E-state index contributed by atoms with van der Waals surface area (Å²) in [5, 5.41) is 17.4. The van der Waals surface area contributed by atoms with Crippen molar-refractivity contribution in [3.63, 3.8) is 0 Å². The summed E-state index contributed by atoms with van der Waals surface area (Å²) >= 11 is 3.50. The number of nitrogens with one attached hydrogen (secondary N) is 2. The van der Waals surface area contributed by atoms with Crippen LogP contribution in [0.1, 0.15) is 36.9 Å². The molecule has 0 amide bonds. The van der Waals surface area contributed by atoms with E-state index < -0.39 is 0 Å². The summed E-state index contributed by atoms with van der Waals surface area (Å²) in [5.41, 5.74) is 3.02. The molecule has 1 heterocycles. The Morgan fingerprint density at radius 3 is 2.60 bits per heavy atom. The second kappa shape index (κ2) is 7.93. The number of phenols is 1. The van der Waals surface area contributed by atoms with Crippen LogP contribution in [0.3, 0.4) is 0 Å². The number of phenolic OH excluding ortho intramolecular Hbond substituents is 1. The lowest BCUT2D eigenvalue weighted by atomic mass is 9.98. The molecular weight excluding hydrogens is 380 g/mol. The van der Waals surface area contributed by atoms with E-state index in [4.69, 9.17) is 4.74 Å². The highest BCUT2D eigenvalue weighted by Gasteiger charge is 2.24. The number of hydrogen-bond donors (Lipinski definition) is 3. The molecule has 0 saturated heterocycles. The van der Waals surface area contributed by atoms with Gasteiger partial charge in [-0.2, -0.15) is 0 Å². The van der Waals surface area contributed by atoms with Gasteiger partial charge in [0.2, 0.25) is 0 Å².